The van der Waals surface area contributed by atoms with Crippen molar-refractivity contribution in [1.29, 1.82) is 0 Å². The molecule has 68 valence electrons. The monoisotopic (exact) mass is 174 g/mol. The zero-order valence-corrected chi connectivity index (χ0v) is 7.86. The molecule has 0 saturated heterocycles. The molecule has 2 aliphatic rings. The van der Waals surface area contributed by atoms with Gasteiger partial charge in [-0.1, -0.05) is 37.3 Å². The van der Waals surface area contributed by atoms with Crippen LogP contribution in [0.5, 0.6) is 0 Å². The van der Waals surface area contributed by atoms with E-state index in [2.05, 4.69) is 25.7 Å². The van der Waals surface area contributed by atoms with Crippen molar-refractivity contribution in [3.8, 4) is 0 Å². The standard InChI is InChI=1S/C12H14O/c1-9-10-4-5-11(8-10)12(9,2)6-3-7-13/h3-7,10-11H,1,8H2,2H3/b6-3+/t10-,11+,12+/m1/s1. The summed E-state index contributed by atoms with van der Waals surface area (Å²) in [7, 11) is 0. The van der Waals surface area contributed by atoms with Crippen LogP contribution in [0.4, 0.5) is 0 Å². The molecule has 0 aromatic rings. The third kappa shape index (κ3) is 1.03. The molecule has 3 atom stereocenters. The second-order valence-electron chi connectivity index (χ2n) is 4.14. The van der Waals surface area contributed by atoms with E-state index in [0.717, 1.165) is 6.29 Å². The van der Waals surface area contributed by atoms with Crippen LogP contribution in [-0.4, -0.2) is 6.29 Å². The highest BCUT2D eigenvalue weighted by Crippen LogP contribution is 2.55. The first kappa shape index (κ1) is 8.49. The summed E-state index contributed by atoms with van der Waals surface area (Å²) < 4.78 is 0. The SMILES string of the molecule is C=C1[C@@H]2C=C[C@@H](C2)[C@@]1(C)/C=C/C=O. The Morgan fingerprint density at radius 2 is 2.38 bits per heavy atom. The first-order chi connectivity index (χ1) is 6.18. The van der Waals surface area contributed by atoms with E-state index in [-0.39, 0.29) is 5.41 Å². The van der Waals surface area contributed by atoms with Gasteiger partial charge in [-0.25, -0.2) is 0 Å². The first-order valence-corrected chi connectivity index (χ1v) is 4.69. The molecule has 1 fully saturated rings. The van der Waals surface area contributed by atoms with Crippen LogP contribution < -0.4 is 0 Å². The van der Waals surface area contributed by atoms with Gasteiger partial charge in [-0.15, -0.1) is 0 Å². The van der Waals surface area contributed by atoms with E-state index >= 15 is 0 Å². The lowest BCUT2D eigenvalue weighted by Crippen LogP contribution is -2.21. The molecule has 0 heterocycles. The lowest BCUT2D eigenvalue weighted by Gasteiger charge is -2.29. The predicted octanol–water partition coefficient (Wildman–Crippen LogP) is 2.51. The van der Waals surface area contributed by atoms with Crippen molar-refractivity contribution >= 4 is 6.29 Å². The molecule has 0 amide bonds. The lowest BCUT2D eigenvalue weighted by molar-refractivity contribution is -0.104. The highest BCUT2D eigenvalue weighted by atomic mass is 16.1. The Labute approximate surface area is 78.8 Å². The van der Waals surface area contributed by atoms with Gasteiger partial charge in [0.25, 0.3) is 0 Å². The second kappa shape index (κ2) is 2.69. The largest absolute Gasteiger partial charge is 0.299 e. The molecular weight excluding hydrogens is 160 g/mol. The average Bonchev–Trinajstić information content (AvgIpc) is 2.68. The number of rotatable bonds is 2. The number of carbonyl (C=O) groups is 1. The maximum atomic E-state index is 10.3. The Kier molecular flexibility index (Phi) is 1.76. The van der Waals surface area contributed by atoms with Gasteiger partial charge < -0.3 is 0 Å². The van der Waals surface area contributed by atoms with Gasteiger partial charge in [-0.2, -0.15) is 0 Å². The molecule has 0 N–H and O–H groups in total. The number of hydrogen-bond donors (Lipinski definition) is 0. The number of allylic oxidation sites excluding steroid dienone is 5. The summed E-state index contributed by atoms with van der Waals surface area (Å²) in [6.07, 6.45) is 10.1. The molecule has 1 saturated carbocycles. The molecule has 0 aromatic carbocycles. The Morgan fingerprint density at radius 1 is 1.62 bits per heavy atom. The normalized spacial score (nSPS) is 42.1. The minimum atomic E-state index is 0.0281. The fourth-order valence-electron chi connectivity index (χ4n) is 2.51. The van der Waals surface area contributed by atoms with E-state index in [1.54, 1.807) is 6.08 Å². The molecule has 2 rings (SSSR count). The van der Waals surface area contributed by atoms with Gasteiger partial charge >= 0.3 is 0 Å². The van der Waals surface area contributed by atoms with E-state index in [1.165, 1.54) is 12.0 Å². The number of hydrogen-bond acceptors (Lipinski definition) is 1. The minimum absolute atomic E-state index is 0.0281. The zero-order valence-electron chi connectivity index (χ0n) is 7.86. The van der Waals surface area contributed by atoms with Gasteiger partial charge in [0.05, 0.1) is 0 Å². The summed E-state index contributed by atoms with van der Waals surface area (Å²) in [5.74, 6) is 1.10. The Bertz CT molecular complexity index is 311. The summed E-state index contributed by atoms with van der Waals surface area (Å²) in [5, 5.41) is 0. The van der Waals surface area contributed by atoms with Crippen LogP contribution >= 0.6 is 0 Å². The molecule has 0 aromatic heterocycles. The van der Waals surface area contributed by atoms with E-state index in [1.807, 2.05) is 6.08 Å². The van der Waals surface area contributed by atoms with Gasteiger partial charge in [0.2, 0.25) is 0 Å². The quantitative estimate of drug-likeness (QED) is 0.357. The van der Waals surface area contributed by atoms with Crippen molar-refractivity contribution in [1.82, 2.24) is 0 Å². The maximum absolute atomic E-state index is 10.3. The lowest BCUT2D eigenvalue weighted by atomic mass is 9.74. The summed E-state index contributed by atoms with van der Waals surface area (Å²) in [5.41, 5.74) is 1.29. The Balaban J connectivity index is 2.33. The van der Waals surface area contributed by atoms with Crippen molar-refractivity contribution in [3.05, 3.63) is 36.5 Å². The van der Waals surface area contributed by atoms with Crippen molar-refractivity contribution in [2.75, 3.05) is 0 Å². The van der Waals surface area contributed by atoms with Crippen LogP contribution in [0.15, 0.2) is 36.5 Å². The predicted molar refractivity (Wildman–Crippen MR) is 53.2 cm³/mol. The number of carbonyl (C=O) groups excluding carboxylic acids is 1. The Morgan fingerprint density at radius 3 is 2.92 bits per heavy atom. The minimum Gasteiger partial charge on any atom is -0.299 e. The smallest absolute Gasteiger partial charge is 0.142 e. The molecule has 0 unspecified atom stereocenters. The molecule has 1 heteroatoms. The number of fused-ring (bicyclic) bond motifs is 2. The summed E-state index contributed by atoms with van der Waals surface area (Å²) >= 11 is 0. The number of aldehydes is 1. The summed E-state index contributed by atoms with van der Waals surface area (Å²) in [4.78, 5) is 10.3. The second-order valence-corrected chi connectivity index (χ2v) is 4.14. The van der Waals surface area contributed by atoms with E-state index in [4.69, 9.17) is 0 Å². The fourth-order valence-corrected chi connectivity index (χ4v) is 2.51. The van der Waals surface area contributed by atoms with Crippen molar-refractivity contribution < 1.29 is 4.79 Å². The molecule has 2 aliphatic carbocycles. The van der Waals surface area contributed by atoms with Gasteiger partial charge in [0, 0.05) is 5.41 Å². The zero-order chi connectivity index (χ0) is 9.47. The molecule has 0 spiro atoms. The molecule has 1 nitrogen and oxygen atoms in total. The van der Waals surface area contributed by atoms with Crippen LogP contribution in [0.3, 0.4) is 0 Å². The van der Waals surface area contributed by atoms with Crippen LogP contribution in [-0.2, 0) is 4.79 Å². The third-order valence-electron chi connectivity index (χ3n) is 3.51. The maximum Gasteiger partial charge on any atom is 0.142 e. The van der Waals surface area contributed by atoms with Gasteiger partial charge in [0.15, 0.2) is 0 Å². The summed E-state index contributed by atoms with van der Waals surface area (Å²) in [6, 6.07) is 0. The van der Waals surface area contributed by atoms with Gasteiger partial charge in [-0.05, 0) is 24.3 Å². The highest BCUT2D eigenvalue weighted by Gasteiger charge is 2.46. The van der Waals surface area contributed by atoms with Crippen molar-refractivity contribution in [2.45, 2.75) is 13.3 Å². The van der Waals surface area contributed by atoms with Crippen LogP contribution in [0, 0.1) is 17.3 Å². The van der Waals surface area contributed by atoms with Gasteiger partial charge in [0.1, 0.15) is 6.29 Å². The molecule has 0 radical (unpaired) electrons. The van der Waals surface area contributed by atoms with Crippen LogP contribution in [0.25, 0.3) is 0 Å². The summed E-state index contributed by atoms with van der Waals surface area (Å²) in [6.45, 7) is 6.29. The van der Waals surface area contributed by atoms with Crippen molar-refractivity contribution in [2.24, 2.45) is 17.3 Å². The van der Waals surface area contributed by atoms with E-state index in [9.17, 15) is 4.79 Å². The molecule has 2 bridgehead atoms. The topological polar surface area (TPSA) is 17.1 Å². The molecular formula is C12H14O. The highest BCUT2D eigenvalue weighted by molar-refractivity contribution is 5.65. The van der Waals surface area contributed by atoms with E-state index < -0.39 is 0 Å². The fraction of sp³-hybridized carbons (Fsp3) is 0.417. The Hall–Kier alpha value is -1.11. The molecule has 13 heavy (non-hydrogen) atoms. The van der Waals surface area contributed by atoms with Crippen LogP contribution in [0.2, 0.25) is 0 Å². The van der Waals surface area contributed by atoms with Gasteiger partial charge in [-0.3, -0.25) is 4.79 Å². The van der Waals surface area contributed by atoms with E-state index in [0.29, 0.717) is 11.8 Å². The first-order valence-electron chi connectivity index (χ1n) is 4.69. The van der Waals surface area contributed by atoms with Crippen LogP contribution in [0.1, 0.15) is 13.3 Å². The average molecular weight is 174 g/mol. The molecule has 0 aliphatic heterocycles. The third-order valence-corrected chi connectivity index (χ3v) is 3.51. The van der Waals surface area contributed by atoms with Crippen molar-refractivity contribution in [3.63, 3.8) is 0 Å².